The molecule has 0 atom stereocenters. The number of hydrogen-bond acceptors (Lipinski definition) is 2. The molecule has 1 aromatic rings. The van der Waals surface area contributed by atoms with Gasteiger partial charge in [0.15, 0.2) is 0 Å². The van der Waals surface area contributed by atoms with Gasteiger partial charge < -0.3 is 0 Å². The highest BCUT2D eigenvalue weighted by atomic mass is 32.2. The zero-order valence-corrected chi connectivity index (χ0v) is 12.6. The largest absolute Gasteiger partial charge is 0.264 e. The maximum absolute atomic E-state index is 11.5. The van der Waals surface area contributed by atoms with E-state index in [1.54, 1.807) is 12.1 Å². The number of rotatable bonds is 9. The van der Waals surface area contributed by atoms with Crippen LogP contribution in [0.5, 0.6) is 0 Å². The molecule has 0 aliphatic heterocycles. The minimum absolute atomic E-state index is 0.0435. The van der Waals surface area contributed by atoms with Crippen LogP contribution in [-0.4, -0.2) is 8.42 Å². The number of sulfonamides is 1. The third-order valence-corrected chi connectivity index (χ3v) is 4.34. The van der Waals surface area contributed by atoms with Crippen molar-refractivity contribution in [3.05, 3.63) is 40.3 Å². The van der Waals surface area contributed by atoms with Gasteiger partial charge in [-0.05, 0) is 36.1 Å². The van der Waals surface area contributed by atoms with Crippen LogP contribution >= 0.6 is 0 Å². The second kappa shape index (κ2) is 8.61. The standard InChI is InChI=1S/C14H21N3O2S/c1-2-3-4-5-6-7-8-13-9-11-14(12-10-13)20(18,19)17-16-15/h9-12H,2-8H2,1H3. The normalized spacial score (nSPS) is 11.1. The van der Waals surface area contributed by atoms with E-state index in [9.17, 15) is 8.42 Å². The lowest BCUT2D eigenvalue weighted by atomic mass is 10.1. The summed E-state index contributed by atoms with van der Waals surface area (Å²) in [5.74, 6) is 0. The Bertz CT molecular complexity index is 546. The van der Waals surface area contributed by atoms with Gasteiger partial charge >= 0.3 is 0 Å². The molecule has 0 fully saturated rings. The molecular formula is C14H21N3O2S. The van der Waals surface area contributed by atoms with E-state index in [-0.39, 0.29) is 4.90 Å². The Morgan fingerprint density at radius 3 is 2.25 bits per heavy atom. The number of azide groups is 1. The molecule has 0 aliphatic carbocycles. The fourth-order valence-corrected chi connectivity index (χ4v) is 2.70. The molecule has 0 spiro atoms. The van der Waals surface area contributed by atoms with Crippen molar-refractivity contribution in [3.8, 4) is 0 Å². The van der Waals surface area contributed by atoms with Crippen molar-refractivity contribution in [1.82, 2.24) is 0 Å². The van der Waals surface area contributed by atoms with E-state index in [2.05, 4.69) is 16.4 Å². The van der Waals surface area contributed by atoms with Crippen LogP contribution in [0, 0.1) is 0 Å². The highest BCUT2D eigenvalue weighted by molar-refractivity contribution is 7.90. The predicted octanol–water partition coefficient (Wildman–Crippen LogP) is 4.59. The van der Waals surface area contributed by atoms with Gasteiger partial charge in [-0.2, -0.15) is 0 Å². The Morgan fingerprint density at radius 1 is 1.05 bits per heavy atom. The second-order valence-electron chi connectivity index (χ2n) is 4.81. The monoisotopic (exact) mass is 295 g/mol. The van der Waals surface area contributed by atoms with Crippen LogP contribution in [0.25, 0.3) is 10.4 Å². The molecule has 0 unspecified atom stereocenters. The first kappa shape index (κ1) is 16.5. The molecule has 6 heteroatoms. The quantitative estimate of drug-likeness (QED) is 0.289. The number of aryl methyl sites for hydroxylation is 1. The van der Waals surface area contributed by atoms with E-state index in [0.717, 1.165) is 18.4 Å². The van der Waals surface area contributed by atoms with Crippen molar-refractivity contribution in [2.24, 2.45) is 4.52 Å². The first-order chi connectivity index (χ1) is 9.60. The summed E-state index contributed by atoms with van der Waals surface area (Å²) in [5, 5.41) is 0. The molecule has 0 saturated heterocycles. The Morgan fingerprint density at radius 2 is 1.65 bits per heavy atom. The van der Waals surface area contributed by atoms with Gasteiger partial charge in [-0.1, -0.05) is 51.2 Å². The van der Waals surface area contributed by atoms with Gasteiger partial charge in [0.25, 0.3) is 10.0 Å². The fraction of sp³-hybridized carbons (Fsp3) is 0.571. The van der Waals surface area contributed by atoms with E-state index >= 15 is 0 Å². The molecule has 0 bridgehead atoms. The summed E-state index contributed by atoms with van der Waals surface area (Å²) in [6, 6.07) is 6.56. The molecular weight excluding hydrogens is 274 g/mol. The summed E-state index contributed by atoms with van der Waals surface area (Å²) < 4.78 is 25.8. The minimum Gasteiger partial charge on any atom is -0.216 e. The van der Waals surface area contributed by atoms with E-state index in [4.69, 9.17) is 5.53 Å². The Kier molecular flexibility index (Phi) is 7.12. The molecule has 5 nitrogen and oxygen atoms in total. The third kappa shape index (κ3) is 5.63. The minimum atomic E-state index is -3.85. The zero-order valence-electron chi connectivity index (χ0n) is 11.8. The van der Waals surface area contributed by atoms with Gasteiger partial charge in [0, 0.05) is 9.43 Å². The Labute approximate surface area is 120 Å². The molecule has 1 rings (SSSR count). The van der Waals surface area contributed by atoms with Crippen molar-refractivity contribution < 1.29 is 8.42 Å². The zero-order chi connectivity index (χ0) is 14.8. The second-order valence-corrected chi connectivity index (χ2v) is 6.39. The van der Waals surface area contributed by atoms with Gasteiger partial charge in [0.05, 0.1) is 4.90 Å². The molecule has 1 aromatic carbocycles. The molecule has 0 amide bonds. The molecule has 0 aliphatic rings. The number of nitrogens with zero attached hydrogens (tertiary/aromatic N) is 3. The van der Waals surface area contributed by atoms with Crippen LogP contribution in [0.3, 0.4) is 0 Å². The maximum Gasteiger partial charge on any atom is 0.264 e. The summed E-state index contributed by atoms with van der Waals surface area (Å²) in [4.78, 5) is 2.37. The van der Waals surface area contributed by atoms with E-state index < -0.39 is 10.0 Å². The van der Waals surface area contributed by atoms with Crippen molar-refractivity contribution in [1.29, 1.82) is 0 Å². The topological polar surface area (TPSA) is 82.9 Å². The van der Waals surface area contributed by atoms with Gasteiger partial charge in [0.1, 0.15) is 0 Å². The summed E-state index contributed by atoms with van der Waals surface area (Å²) in [7, 11) is -3.85. The lowest BCUT2D eigenvalue weighted by Gasteiger charge is -2.03. The average Bonchev–Trinajstić information content (AvgIpc) is 2.43. The SMILES string of the molecule is CCCCCCCCc1ccc(S(=O)(=O)N=[N+]=[N-])cc1. The molecule has 0 N–H and O–H groups in total. The average molecular weight is 295 g/mol. The van der Waals surface area contributed by atoms with Gasteiger partial charge in [0.2, 0.25) is 0 Å². The molecule has 0 aromatic heterocycles. The van der Waals surface area contributed by atoms with Crippen LogP contribution in [0.4, 0.5) is 0 Å². The van der Waals surface area contributed by atoms with Crippen LogP contribution in [-0.2, 0) is 16.4 Å². The number of benzene rings is 1. The maximum atomic E-state index is 11.5. The summed E-state index contributed by atoms with van der Waals surface area (Å²) in [5.41, 5.74) is 9.31. The van der Waals surface area contributed by atoms with Crippen molar-refractivity contribution in [2.45, 2.75) is 56.8 Å². The first-order valence-electron chi connectivity index (χ1n) is 7.00. The van der Waals surface area contributed by atoms with Crippen molar-refractivity contribution in [2.75, 3.05) is 0 Å². The van der Waals surface area contributed by atoms with Crippen molar-refractivity contribution >= 4 is 10.0 Å². The summed E-state index contributed by atoms with van der Waals surface area (Å²) in [6.45, 7) is 2.20. The highest BCUT2D eigenvalue weighted by Gasteiger charge is 2.10. The van der Waals surface area contributed by atoms with Crippen LogP contribution < -0.4 is 0 Å². The smallest absolute Gasteiger partial charge is 0.216 e. The van der Waals surface area contributed by atoms with Gasteiger partial charge in [-0.25, -0.2) is 8.42 Å². The predicted molar refractivity (Wildman–Crippen MR) is 79.9 cm³/mol. The lowest BCUT2D eigenvalue weighted by Crippen LogP contribution is -1.95. The van der Waals surface area contributed by atoms with E-state index in [0.29, 0.717) is 0 Å². The van der Waals surface area contributed by atoms with E-state index in [1.807, 2.05) is 0 Å². The first-order valence-corrected chi connectivity index (χ1v) is 8.44. The van der Waals surface area contributed by atoms with Crippen LogP contribution in [0.1, 0.15) is 51.0 Å². The highest BCUT2D eigenvalue weighted by Crippen LogP contribution is 2.15. The van der Waals surface area contributed by atoms with Crippen LogP contribution in [0.15, 0.2) is 33.7 Å². The summed E-state index contributed by atoms with van der Waals surface area (Å²) in [6.07, 6.45) is 8.38. The lowest BCUT2D eigenvalue weighted by molar-refractivity contribution is 0.597. The van der Waals surface area contributed by atoms with Crippen molar-refractivity contribution in [3.63, 3.8) is 0 Å². The molecule has 0 heterocycles. The Hall–Kier alpha value is -1.52. The van der Waals surface area contributed by atoms with E-state index in [1.165, 1.54) is 44.2 Å². The fourth-order valence-electron chi connectivity index (χ4n) is 2.03. The Balaban J connectivity index is 2.45. The number of unbranched alkanes of at least 4 members (excludes halogenated alkanes) is 5. The summed E-state index contributed by atoms with van der Waals surface area (Å²) >= 11 is 0. The van der Waals surface area contributed by atoms with Crippen LogP contribution in [0.2, 0.25) is 0 Å². The third-order valence-electron chi connectivity index (χ3n) is 3.18. The van der Waals surface area contributed by atoms with Gasteiger partial charge in [-0.3, -0.25) is 0 Å². The van der Waals surface area contributed by atoms with Gasteiger partial charge in [-0.15, -0.1) is 0 Å². The molecule has 110 valence electrons. The molecule has 20 heavy (non-hydrogen) atoms. The number of hydrogen-bond donors (Lipinski definition) is 0. The molecule has 0 saturated carbocycles. The molecule has 0 radical (unpaired) electrons.